The highest BCUT2D eigenvalue weighted by atomic mass is 16.6. The number of epoxide rings is 1. The fraction of sp³-hybridized carbons (Fsp3) is 0.905. The van der Waals surface area contributed by atoms with Crippen LogP contribution >= 0.6 is 0 Å². The molecule has 0 aromatic heterocycles. The van der Waals surface area contributed by atoms with Crippen molar-refractivity contribution in [3.63, 3.8) is 0 Å². The van der Waals surface area contributed by atoms with Crippen molar-refractivity contribution in [1.82, 2.24) is 0 Å². The van der Waals surface area contributed by atoms with Crippen molar-refractivity contribution in [2.24, 2.45) is 0 Å². The number of hydrogen-bond acceptors (Lipinski definition) is 2. The van der Waals surface area contributed by atoms with E-state index in [9.17, 15) is 0 Å². The Labute approximate surface area is 145 Å². The Hall–Kier alpha value is -0.340. The molecule has 0 N–H and O–H groups in total. The van der Waals surface area contributed by atoms with Crippen molar-refractivity contribution in [2.75, 3.05) is 19.8 Å². The lowest BCUT2D eigenvalue weighted by atomic mass is 10.1. The van der Waals surface area contributed by atoms with Crippen LogP contribution in [-0.4, -0.2) is 25.9 Å². The molecular formula is C21H40O2. The molecule has 1 atom stereocenters. The van der Waals surface area contributed by atoms with Gasteiger partial charge in [0, 0.05) is 6.61 Å². The summed E-state index contributed by atoms with van der Waals surface area (Å²) in [7, 11) is 0. The highest BCUT2D eigenvalue weighted by molar-refractivity contribution is 4.81. The molecule has 136 valence electrons. The van der Waals surface area contributed by atoms with Crippen molar-refractivity contribution >= 4 is 0 Å². The van der Waals surface area contributed by atoms with Gasteiger partial charge in [-0.2, -0.15) is 0 Å². The zero-order valence-electron chi connectivity index (χ0n) is 15.6. The molecule has 1 heterocycles. The monoisotopic (exact) mass is 324 g/mol. The number of allylic oxidation sites excluding steroid dienone is 2. The second-order valence-electron chi connectivity index (χ2n) is 6.97. The van der Waals surface area contributed by atoms with Gasteiger partial charge in [0.1, 0.15) is 6.10 Å². The van der Waals surface area contributed by atoms with Crippen LogP contribution in [0.3, 0.4) is 0 Å². The Morgan fingerprint density at radius 1 is 0.783 bits per heavy atom. The molecule has 0 unspecified atom stereocenters. The van der Waals surface area contributed by atoms with Crippen LogP contribution < -0.4 is 0 Å². The predicted molar refractivity (Wildman–Crippen MR) is 100 cm³/mol. The van der Waals surface area contributed by atoms with Crippen LogP contribution in [0.1, 0.15) is 96.8 Å². The van der Waals surface area contributed by atoms with Crippen LogP contribution in [0.5, 0.6) is 0 Å². The summed E-state index contributed by atoms with van der Waals surface area (Å²) in [6.45, 7) is 4.92. The normalized spacial score (nSPS) is 17.2. The van der Waals surface area contributed by atoms with Gasteiger partial charge in [0.05, 0.1) is 13.2 Å². The first-order valence-corrected chi connectivity index (χ1v) is 10.3. The second kappa shape index (κ2) is 16.5. The van der Waals surface area contributed by atoms with Gasteiger partial charge >= 0.3 is 0 Å². The van der Waals surface area contributed by atoms with Gasteiger partial charge in [-0.05, 0) is 32.1 Å². The average molecular weight is 325 g/mol. The molecule has 1 saturated heterocycles. The lowest BCUT2D eigenvalue weighted by Crippen LogP contribution is -2.02. The molecule has 2 nitrogen and oxygen atoms in total. The second-order valence-corrected chi connectivity index (χ2v) is 6.97. The highest BCUT2D eigenvalue weighted by Gasteiger charge is 2.21. The summed E-state index contributed by atoms with van der Waals surface area (Å²) >= 11 is 0. The smallest absolute Gasteiger partial charge is 0.104 e. The Bertz CT molecular complexity index is 259. The van der Waals surface area contributed by atoms with Crippen LogP contribution in [0.2, 0.25) is 0 Å². The highest BCUT2D eigenvalue weighted by Crippen LogP contribution is 2.11. The van der Waals surface area contributed by atoms with E-state index < -0.39 is 0 Å². The molecule has 0 bridgehead atoms. The summed E-state index contributed by atoms with van der Waals surface area (Å²) in [5, 5.41) is 0. The quantitative estimate of drug-likeness (QED) is 0.164. The topological polar surface area (TPSA) is 21.8 Å². The third-order valence-corrected chi connectivity index (χ3v) is 4.51. The number of unbranched alkanes of at least 4 members (excludes halogenated alkanes) is 12. The summed E-state index contributed by atoms with van der Waals surface area (Å²) in [6, 6.07) is 0. The summed E-state index contributed by atoms with van der Waals surface area (Å²) in [6.07, 6.45) is 24.3. The van der Waals surface area contributed by atoms with E-state index in [0.29, 0.717) is 6.10 Å². The number of rotatable bonds is 18. The largest absolute Gasteiger partial charge is 0.379 e. The minimum Gasteiger partial charge on any atom is -0.379 e. The van der Waals surface area contributed by atoms with Crippen molar-refractivity contribution in [1.29, 1.82) is 0 Å². The van der Waals surface area contributed by atoms with Crippen molar-refractivity contribution < 1.29 is 9.47 Å². The Balaban J connectivity index is 1.65. The maximum absolute atomic E-state index is 5.54. The molecule has 2 heteroatoms. The molecule has 1 aliphatic rings. The van der Waals surface area contributed by atoms with Gasteiger partial charge in [-0.25, -0.2) is 0 Å². The SMILES string of the molecule is CCCCCCCC/C=C\CCCCCCCCOC[C@H]1CO1. The molecule has 0 amide bonds. The van der Waals surface area contributed by atoms with E-state index >= 15 is 0 Å². The standard InChI is InChI=1S/C21H40O2/c1-2-3-4-5-6-7-8-9-10-11-12-13-14-15-16-17-18-22-19-21-20-23-21/h9-10,21H,2-8,11-20H2,1H3/b10-9-/t21-/m0/s1. The van der Waals surface area contributed by atoms with Gasteiger partial charge in [-0.1, -0.05) is 76.9 Å². The zero-order valence-corrected chi connectivity index (χ0v) is 15.6. The van der Waals surface area contributed by atoms with Crippen molar-refractivity contribution in [3.05, 3.63) is 12.2 Å². The molecule has 0 aliphatic carbocycles. The summed E-state index contributed by atoms with van der Waals surface area (Å²) in [5.74, 6) is 0. The molecular weight excluding hydrogens is 284 g/mol. The molecule has 1 fully saturated rings. The first-order chi connectivity index (χ1) is 11.4. The van der Waals surface area contributed by atoms with Gasteiger partial charge < -0.3 is 9.47 Å². The van der Waals surface area contributed by atoms with E-state index in [0.717, 1.165) is 19.8 Å². The number of ether oxygens (including phenoxy) is 2. The fourth-order valence-corrected chi connectivity index (χ4v) is 2.83. The van der Waals surface area contributed by atoms with Gasteiger partial charge in [0.25, 0.3) is 0 Å². The van der Waals surface area contributed by atoms with Gasteiger partial charge in [0.2, 0.25) is 0 Å². The van der Waals surface area contributed by atoms with Crippen LogP contribution in [0.15, 0.2) is 12.2 Å². The lowest BCUT2D eigenvalue weighted by molar-refractivity contribution is 0.113. The molecule has 23 heavy (non-hydrogen) atoms. The van der Waals surface area contributed by atoms with Crippen LogP contribution in [0.4, 0.5) is 0 Å². The molecule has 0 radical (unpaired) electrons. The Morgan fingerprint density at radius 2 is 1.30 bits per heavy atom. The Morgan fingerprint density at radius 3 is 1.87 bits per heavy atom. The minimum absolute atomic E-state index is 0.420. The van der Waals surface area contributed by atoms with E-state index in [4.69, 9.17) is 9.47 Å². The molecule has 1 rings (SSSR count). The van der Waals surface area contributed by atoms with Crippen LogP contribution in [-0.2, 0) is 9.47 Å². The van der Waals surface area contributed by atoms with Crippen LogP contribution in [0.25, 0.3) is 0 Å². The summed E-state index contributed by atoms with van der Waals surface area (Å²) in [4.78, 5) is 0. The Kier molecular flexibility index (Phi) is 14.9. The maximum Gasteiger partial charge on any atom is 0.104 e. The van der Waals surface area contributed by atoms with Crippen LogP contribution in [0, 0.1) is 0 Å². The fourth-order valence-electron chi connectivity index (χ4n) is 2.83. The van der Waals surface area contributed by atoms with E-state index in [1.54, 1.807) is 0 Å². The third kappa shape index (κ3) is 16.3. The lowest BCUT2D eigenvalue weighted by Gasteiger charge is -2.02. The first kappa shape index (κ1) is 20.7. The third-order valence-electron chi connectivity index (χ3n) is 4.51. The van der Waals surface area contributed by atoms with E-state index in [-0.39, 0.29) is 0 Å². The molecule has 0 saturated carbocycles. The van der Waals surface area contributed by atoms with E-state index in [2.05, 4.69) is 19.1 Å². The van der Waals surface area contributed by atoms with Gasteiger partial charge in [0.15, 0.2) is 0 Å². The molecule has 0 aromatic carbocycles. The molecule has 0 aromatic rings. The predicted octanol–water partition coefficient (Wildman–Crippen LogP) is 6.44. The summed E-state index contributed by atoms with van der Waals surface area (Å²) < 4.78 is 10.7. The first-order valence-electron chi connectivity index (χ1n) is 10.3. The summed E-state index contributed by atoms with van der Waals surface area (Å²) in [5.41, 5.74) is 0. The number of hydrogen-bond donors (Lipinski definition) is 0. The minimum atomic E-state index is 0.420. The maximum atomic E-state index is 5.54. The average Bonchev–Trinajstić information content (AvgIpc) is 3.38. The van der Waals surface area contributed by atoms with E-state index in [1.165, 1.54) is 89.9 Å². The van der Waals surface area contributed by atoms with Gasteiger partial charge in [-0.15, -0.1) is 0 Å². The zero-order chi connectivity index (χ0) is 16.4. The van der Waals surface area contributed by atoms with Gasteiger partial charge in [-0.3, -0.25) is 0 Å². The molecule has 0 spiro atoms. The van der Waals surface area contributed by atoms with Crippen molar-refractivity contribution in [3.8, 4) is 0 Å². The van der Waals surface area contributed by atoms with E-state index in [1.807, 2.05) is 0 Å². The van der Waals surface area contributed by atoms with Crippen molar-refractivity contribution in [2.45, 2.75) is 103 Å². The molecule has 1 aliphatic heterocycles.